The van der Waals surface area contributed by atoms with Crippen molar-refractivity contribution in [3.8, 4) is 0 Å². The van der Waals surface area contributed by atoms with Gasteiger partial charge in [-0.1, -0.05) is 25.3 Å². The normalized spacial score (nSPS) is 19.1. The van der Waals surface area contributed by atoms with Crippen LogP contribution < -0.4 is 4.90 Å². The topological polar surface area (TPSA) is 76.6 Å². The molecule has 1 aliphatic carbocycles. The molecule has 1 amide bonds. The zero-order valence-electron chi connectivity index (χ0n) is 20.3. The van der Waals surface area contributed by atoms with E-state index in [0.29, 0.717) is 17.9 Å². The summed E-state index contributed by atoms with van der Waals surface area (Å²) in [6.07, 6.45) is 2.16. The van der Waals surface area contributed by atoms with Crippen molar-refractivity contribution in [1.82, 2.24) is 4.98 Å². The molecule has 4 rings (SSSR count). The molecular weight excluding hydrogens is 493 g/mol. The Labute approximate surface area is 209 Å². The summed E-state index contributed by atoms with van der Waals surface area (Å²) in [5.41, 5.74) is -0.466. The van der Waals surface area contributed by atoms with Gasteiger partial charge in [-0.2, -0.15) is 13.2 Å². The van der Waals surface area contributed by atoms with Crippen LogP contribution in [0.25, 0.3) is 0 Å². The number of carbonyl (C=O) groups excluding carboxylic acids is 1. The van der Waals surface area contributed by atoms with Crippen LogP contribution >= 0.6 is 0 Å². The van der Waals surface area contributed by atoms with E-state index in [9.17, 15) is 26.4 Å². The molecule has 196 valence electrons. The number of hydrogen-bond acceptors (Lipinski definition) is 5. The second kappa shape index (κ2) is 10.5. The molecule has 2 aromatic rings. The average molecular weight is 525 g/mol. The van der Waals surface area contributed by atoms with E-state index >= 15 is 0 Å². The molecule has 2 fully saturated rings. The Kier molecular flexibility index (Phi) is 7.75. The van der Waals surface area contributed by atoms with Gasteiger partial charge in [0.25, 0.3) is 0 Å². The van der Waals surface area contributed by atoms with Crippen LogP contribution in [0.3, 0.4) is 0 Å². The predicted octanol–water partition coefficient (Wildman–Crippen LogP) is 5.51. The summed E-state index contributed by atoms with van der Waals surface area (Å²) in [5.74, 6) is 0.476. The highest BCUT2D eigenvalue weighted by Gasteiger charge is 2.48. The Morgan fingerprint density at radius 1 is 1.06 bits per heavy atom. The van der Waals surface area contributed by atoms with Crippen molar-refractivity contribution in [3.05, 3.63) is 53.7 Å². The molecule has 0 spiro atoms. The number of hydrogen-bond donors (Lipinski definition) is 0. The van der Waals surface area contributed by atoms with E-state index in [0.717, 1.165) is 56.4 Å². The third-order valence-corrected chi connectivity index (χ3v) is 9.96. The van der Waals surface area contributed by atoms with E-state index in [2.05, 4.69) is 4.98 Å². The molecule has 0 atom stereocenters. The molecule has 0 bridgehead atoms. The van der Waals surface area contributed by atoms with Crippen LogP contribution in [0.4, 0.5) is 19.0 Å². The average Bonchev–Trinajstić information content (AvgIpc) is 2.90. The van der Waals surface area contributed by atoms with Crippen LogP contribution in [0.5, 0.6) is 0 Å². The van der Waals surface area contributed by atoms with Crippen LogP contribution in [-0.2, 0) is 30.3 Å². The highest BCUT2D eigenvalue weighted by Crippen LogP contribution is 2.44. The number of carbonyl (C=O) groups is 1. The molecule has 1 saturated carbocycles. The van der Waals surface area contributed by atoms with Crippen molar-refractivity contribution in [3.63, 3.8) is 0 Å². The summed E-state index contributed by atoms with van der Waals surface area (Å²) in [4.78, 5) is 19.1. The van der Waals surface area contributed by atoms with Gasteiger partial charge in [-0.15, -0.1) is 0 Å². The van der Waals surface area contributed by atoms with Gasteiger partial charge >= 0.3 is 6.18 Å². The number of anilines is 1. The standard InChI is InChI=1S/C26H31F3N2O4S/c1-2-31(24(32)19-6-4-3-5-7-19)23-13-10-21(18-30-23)25(14-16-35-17-15-25)36(33,34)22-11-8-20(9-12-22)26(27,28)29/h8-13,18-19H,2-7,14-17H2,1H3. The molecule has 0 N–H and O–H groups in total. The molecule has 0 radical (unpaired) electrons. The minimum atomic E-state index is -4.56. The fourth-order valence-corrected chi connectivity index (χ4v) is 7.36. The van der Waals surface area contributed by atoms with E-state index in [4.69, 9.17) is 4.74 Å². The highest BCUT2D eigenvalue weighted by atomic mass is 32.2. The number of rotatable bonds is 6. The number of sulfone groups is 1. The summed E-state index contributed by atoms with van der Waals surface area (Å²) >= 11 is 0. The van der Waals surface area contributed by atoms with E-state index in [1.54, 1.807) is 17.0 Å². The maximum atomic E-state index is 13.8. The lowest BCUT2D eigenvalue weighted by atomic mass is 9.88. The zero-order chi connectivity index (χ0) is 26.0. The SMILES string of the molecule is CCN(C(=O)C1CCCCC1)c1ccc(C2(S(=O)(=O)c3ccc(C(F)(F)F)cc3)CCOCC2)cn1. The first-order chi connectivity index (χ1) is 17.1. The van der Waals surface area contributed by atoms with Crippen molar-refractivity contribution in [2.45, 2.75) is 67.7 Å². The van der Waals surface area contributed by atoms with Gasteiger partial charge in [0, 0.05) is 31.9 Å². The van der Waals surface area contributed by atoms with Crippen molar-refractivity contribution < 1.29 is 31.1 Å². The van der Waals surface area contributed by atoms with Crippen LogP contribution in [0.1, 0.15) is 63.0 Å². The number of amides is 1. The first-order valence-corrected chi connectivity index (χ1v) is 13.9. The van der Waals surface area contributed by atoms with Crippen LogP contribution in [0, 0.1) is 5.92 Å². The Morgan fingerprint density at radius 2 is 1.69 bits per heavy atom. The number of halogens is 3. The van der Waals surface area contributed by atoms with Gasteiger partial charge in [-0.05, 0) is 68.5 Å². The van der Waals surface area contributed by atoms with Crippen molar-refractivity contribution in [2.75, 3.05) is 24.7 Å². The molecule has 0 unspecified atom stereocenters. The monoisotopic (exact) mass is 524 g/mol. The largest absolute Gasteiger partial charge is 0.416 e. The summed E-state index contributed by atoms with van der Waals surface area (Å²) in [6, 6.07) is 6.94. The fourth-order valence-electron chi connectivity index (χ4n) is 5.28. The lowest BCUT2D eigenvalue weighted by molar-refractivity contribution is -0.137. The molecule has 10 heteroatoms. The van der Waals surface area contributed by atoms with Crippen molar-refractivity contribution >= 4 is 21.6 Å². The van der Waals surface area contributed by atoms with E-state index in [1.807, 2.05) is 6.92 Å². The van der Waals surface area contributed by atoms with E-state index in [-0.39, 0.29) is 42.8 Å². The highest BCUT2D eigenvalue weighted by molar-refractivity contribution is 7.92. The number of ether oxygens (including phenoxy) is 1. The van der Waals surface area contributed by atoms with Crippen LogP contribution in [0.15, 0.2) is 47.5 Å². The van der Waals surface area contributed by atoms with Gasteiger partial charge in [-0.3, -0.25) is 9.69 Å². The third-order valence-electron chi connectivity index (χ3n) is 7.39. The number of alkyl halides is 3. The number of benzene rings is 1. The lowest BCUT2D eigenvalue weighted by Crippen LogP contribution is -2.42. The van der Waals surface area contributed by atoms with Crippen LogP contribution in [-0.4, -0.2) is 39.1 Å². The second-order valence-corrected chi connectivity index (χ2v) is 11.7. The van der Waals surface area contributed by atoms with Gasteiger partial charge in [0.15, 0.2) is 9.84 Å². The van der Waals surface area contributed by atoms with E-state index in [1.165, 1.54) is 6.20 Å². The summed E-state index contributed by atoms with van der Waals surface area (Å²) in [5, 5.41) is 0. The molecule has 6 nitrogen and oxygen atoms in total. The van der Waals surface area contributed by atoms with Gasteiger partial charge < -0.3 is 4.74 Å². The van der Waals surface area contributed by atoms with Crippen LogP contribution in [0.2, 0.25) is 0 Å². The molecule has 1 aromatic heterocycles. The number of aromatic nitrogens is 1. The third kappa shape index (κ3) is 5.02. The summed E-state index contributed by atoms with van der Waals surface area (Å²) < 4.78 is 70.8. The second-order valence-electron chi connectivity index (χ2n) is 9.45. The molecule has 2 aliphatic rings. The molecule has 36 heavy (non-hydrogen) atoms. The minimum Gasteiger partial charge on any atom is -0.381 e. The van der Waals surface area contributed by atoms with Gasteiger partial charge in [0.05, 0.1) is 10.5 Å². The molecule has 1 aromatic carbocycles. The van der Waals surface area contributed by atoms with E-state index < -0.39 is 26.3 Å². The molecule has 2 heterocycles. The summed E-state index contributed by atoms with van der Waals surface area (Å²) in [7, 11) is -4.08. The summed E-state index contributed by atoms with van der Waals surface area (Å²) in [6.45, 7) is 2.72. The Hall–Kier alpha value is -2.46. The number of nitrogens with zero attached hydrogens (tertiary/aromatic N) is 2. The first kappa shape index (κ1) is 26.6. The van der Waals surface area contributed by atoms with Gasteiger partial charge in [0.1, 0.15) is 10.6 Å². The maximum Gasteiger partial charge on any atom is 0.416 e. The van der Waals surface area contributed by atoms with Crippen molar-refractivity contribution in [1.29, 1.82) is 0 Å². The predicted molar refractivity (Wildman–Crippen MR) is 129 cm³/mol. The lowest BCUT2D eigenvalue weighted by Gasteiger charge is -2.37. The first-order valence-electron chi connectivity index (χ1n) is 12.4. The van der Waals surface area contributed by atoms with Crippen molar-refractivity contribution in [2.24, 2.45) is 5.92 Å². The Balaban J connectivity index is 1.66. The molecule has 1 aliphatic heterocycles. The maximum absolute atomic E-state index is 13.8. The quantitative estimate of drug-likeness (QED) is 0.498. The number of pyridine rings is 1. The Morgan fingerprint density at radius 3 is 2.22 bits per heavy atom. The Bertz CT molecular complexity index is 1150. The fraction of sp³-hybridized carbons (Fsp3) is 0.538. The smallest absolute Gasteiger partial charge is 0.381 e. The molecular formula is C26H31F3N2O4S. The van der Waals surface area contributed by atoms with Gasteiger partial charge in [0.2, 0.25) is 5.91 Å². The minimum absolute atomic E-state index is 0.0259. The zero-order valence-corrected chi connectivity index (χ0v) is 21.1. The molecule has 1 saturated heterocycles. The van der Waals surface area contributed by atoms with Gasteiger partial charge in [-0.25, -0.2) is 13.4 Å².